The third-order valence-corrected chi connectivity index (χ3v) is 6.99. The van der Waals surface area contributed by atoms with Gasteiger partial charge in [-0.25, -0.2) is 0 Å². The van der Waals surface area contributed by atoms with Crippen LogP contribution >= 0.6 is 23.2 Å². The number of amides is 1. The van der Waals surface area contributed by atoms with Crippen LogP contribution < -0.4 is 4.90 Å². The molecule has 2 bridgehead atoms. The molecule has 0 radical (unpaired) electrons. The molecule has 2 heterocycles. The molecule has 0 spiro atoms. The first-order chi connectivity index (χ1) is 11.0. The van der Waals surface area contributed by atoms with Crippen molar-refractivity contribution in [2.24, 2.45) is 23.7 Å². The molecule has 4 aliphatic rings. The number of hydrogen-bond donors (Lipinski definition) is 1. The Bertz CT molecular complexity index is 726. The summed E-state index contributed by atoms with van der Waals surface area (Å²) in [6.07, 6.45) is 0.923. The Morgan fingerprint density at radius 3 is 2.87 bits per heavy atom. The molecule has 7 atom stereocenters. The van der Waals surface area contributed by atoms with Crippen molar-refractivity contribution in [1.29, 1.82) is 0 Å². The van der Waals surface area contributed by atoms with Gasteiger partial charge in [-0.2, -0.15) is 0 Å². The minimum atomic E-state index is -0.680. The highest BCUT2D eigenvalue weighted by Gasteiger charge is 2.78. The van der Waals surface area contributed by atoms with Crippen molar-refractivity contribution in [3.05, 3.63) is 28.2 Å². The zero-order chi connectivity index (χ0) is 16.1. The summed E-state index contributed by atoms with van der Waals surface area (Å²) in [6.45, 7) is 2.04. The molecular formula is C17H17Cl2NO3. The van der Waals surface area contributed by atoms with E-state index in [9.17, 15) is 9.90 Å². The molecule has 6 heteroatoms. The largest absolute Gasteiger partial charge is 0.390 e. The fourth-order valence-corrected chi connectivity index (χ4v) is 6.24. The van der Waals surface area contributed by atoms with Gasteiger partial charge in [0.15, 0.2) is 5.72 Å². The maximum Gasteiger partial charge on any atom is 0.233 e. The summed E-state index contributed by atoms with van der Waals surface area (Å²) in [4.78, 5) is 15.0. The van der Waals surface area contributed by atoms with Gasteiger partial charge in [-0.3, -0.25) is 9.69 Å². The first-order valence-electron chi connectivity index (χ1n) is 8.14. The highest BCUT2D eigenvalue weighted by Crippen LogP contribution is 2.69. The zero-order valence-corrected chi connectivity index (χ0v) is 14.1. The van der Waals surface area contributed by atoms with Crippen LogP contribution in [0.3, 0.4) is 0 Å². The van der Waals surface area contributed by atoms with Crippen molar-refractivity contribution >= 4 is 34.8 Å². The molecule has 5 rings (SSSR count). The molecule has 122 valence electrons. The lowest BCUT2D eigenvalue weighted by Crippen LogP contribution is -2.51. The van der Waals surface area contributed by atoms with Crippen LogP contribution in [0.4, 0.5) is 5.69 Å². The number of aliphatic hydroxyl groups excluding tert-OH is 1. The third kappa shape index (κ3) is 1.50. The molecule has 1 aromatic rings. The molecular weight excluding hydrogens is 337 g/mol. The fourth-order valence-electron chi connectivity index (χ4n) is 5.75. The third-order valence-electron chi connectivity index (χ3n) is 6.45. The van der Waals surface area contributed by atoms with E-state index < -0.39 is 11.8 Å². The molecule has 0 unspecified atom stereocenters. The molecule has 2 aliphatic carbocycles. The number of rotatable bonds is 2. The summed E-state index contributed by atoms with van der Waals surface area (Å²) in [5, 5.41) is 11.5. The highest BCUT2D eigenvalue weighted by atomic mass is 35.5. The maximum atomic E-state index is 13.2. The Morgan fingerprint density at radius 2 is 2.17 bits per heavy atom. The Kier molecular flexibility index (Phi) is 2.79. The summed E-state index contributed by atoms with van der Waals surface area (Å²) in [7, 11) is 0. The second kappa shape index (κ2) is 4.42. The second-order valence-electron chi connectivity index (χ2n) is 7.16. The Balaban J connectivity index is 1.69. The summed E-state index contributed by atoms with van der Waals surface area (Å²) in [5.74, 6) is 0.336. The summed E-state index contributed by atoms with van der Waals surface area (Å²) < 4.78 is 6.37. The molecule has 23 heavy (non-hydrogen) atoms. The molecule has 1 N–H and O–H groups in total. The van der Waals surface area contributed by atoms with Gasteiger partial charge in [0.1, 0.15) is 0 Å². The van der Waals surface area contributed by atoms with Gasteiger partial charge in [-0.1, -0.05) is 30.1 Å². The van der Waals surface area contributed by atoms with Gasteiger partial charge in [-0.05, 0) is 42.9 Å². The number of hydrogen-bond acceptors (Lipinski definition) is 3. The molecule has 0 aromatic heterocycles. The number of fused-ring (bicyclic) bond motifs is 2. The van der Waals surface area contributed by atoms with Crippen LogP contribution in [0.15, 0.2) is 18.2 Å². The van der Waals surface area contributed by atoms with E-state index in [1.807, 2.05) is 6.92 Å². The average Bonchev–Trinajstić information content (AvgIpc) is 3.17. The van der Waals surface area contributed by atoms with Crippen LogP contribution in [-0.4, -0.2) is 28.9 Å². The van der Waals surface area contributed by atoms with Crippen molar-refractivity contribution in [1.82, 2.24) is 0 Å². The van der Waals surface area contributed by atoms with E-state index in [0.29, 0.717) is 22.2 Å². The standard InChI is InChI=1S/C17H17Cl2NO3/c1-2-17-13-9-6-8(14(21)15(9)23-17)12(13)16(22)20(17)11-4-3-7(18)5-10(11)19/h3-5,8-9,12-15,21H,2,6H2,1H3/t8-,9-,12-,13-,14+,15-,17-/m0/s1. The number of anilines is 1. The van der Waals surface area contributed by atoms with E-state index in [-0.39, 0.29) is 35.7 Å². The van der Waals surface area contributed by atoms with Crippen LogP contribution in [0, 0.1) is 23.7 Å². The number of halogens is 2. The number of carbonyl (C=O) groups is 1. The Labute approximate surface area is 144 Å². The van der Waals surface area contributed by atoms with E-state index in [1.54, 1.807) is 23.1 Å². The fraction of sp³-hybridized carbons (Fsp3) is 0.588. The highest BCUT2D eigenvalue weighted by molar-refractivity contribution is 6.37. The molecule has 4 nitrogen and oxygen atoms in total. The number of carbonyl (C=O) groups excluding carboxylic acids is 1. The minimum absolute atomic E-state index is 0.0204. The predicted octanol–water partition coefficient (Wildman–Crippen LogP) is 3.09. The van der Waals surface area contributed by atoms with Crippen molar-refractivity contribution in [3.63, 3.8) is 0 Å². The molecule has 2 saturated heterocycles. The summed E-state index contributed by atoms with van der Waals surface area (Å²) in [5.41, 5.74) is -0.0207. The molecule has 2 saturated carbocycles. The maximum absolute atomic E-state index is 13.2. The minimum Gasteiger partial charge on any atom is -0.390 e. The van der Waals surface area contributed by atoms with Gasteiger partial charge in [0.05, 0.1) is 28.8 Å². The number of benzene rings is 1. The first-order valence-corrected chi connectivity index (χ1v) is 8.90. The second-order valence-corrected chi connectivity index (χ2v) is 8.00. The van der Waals surface area contributed by atoms with Crippen molar-refractivity contribution < 1.29 is 14.6 Å². The molecule has 4 fully saturated rings. The zero-order valence-electron chi connectivity index (χ0n) is 12.6. The predicted molar refractivity (Wildman–Crippen MR) is 86.4 cm³/mol. The van der Waals surface area contributed by atoms with E-state index in [1.165, 1.54) is 0 Å². The lowest BCUT2D eigenvalue weighted by atomic mass is 9.76. The average molecular weight is 354 g/mol. The monoisotopic (exact) mass is 353 g/mol. The Morgan fingerprint density at radius 1 is 1.39 bits per heavy atom. The van der Waals surface area contributed by atoms with E-state index in [4.69, 9.17) is 27.9 Å². The van der Waals surface area contributed by atoms with E-state index >= 15 is 0 Å². The summed E-state index contributed by atoms with van der Waals surface area (Å²) >= 11 is 12.4. The van der Waals surface area contributed by atoms with Gasteiger partial charge in [-0.15, -0.1) is 0 Å². The lowest BCUT2D eigenvalue weighted by molar-refractivity contribution is -0.133. The van der Waals surface area contributed by atoms with Crippen LogP contribution in [0.5, 0.6) is 0 Å². The molecule has 2 aliphatic heterocycles. The van der Waals surface area contributed by atoms with Crippen molar-refractivity contribution in [2.75, 3.05) is 4.90 Å². The number of nitrogens with zero attached hydrogens (tertiary/aromatic N) is 1. The smallest absolute Gasteiger partial charge is 0.233 e. The van der Waals surface area contributed by atoms with Crippen LogP contribution in [0.2, 0.25) is 10.0 Å². The van der Waals surface area contributed by atoms with Gasteiger partial charge < -0.3 is 9.84 Å². The summed E-state index contributed by atoms with van der Waals surface area (Å²) in [6, 6.07) is 5.19. The quantitative estimate of drug-likeness (QED) is 0.888. The SMILES string of the molecule is CC[C@]12O[C@@H]3[C@H](O)[C@H]4C[C@H]3[C@H]1[C@H]4C(=O)N2c1ccc(Cl)cc1Cl. The lowest BCUT2D eigenvalue weighted by Gasteiger charge is -2.38. The van der Waals surface area contributed by atoms with Crippen LogP contribution in [-0.2, 0) is 9.53 Å². The van der Waals surface area contributed by atoms with Crippen LogP contribution in [0.1, 0.15) is 19.8 Å². The van der Waals surface area contributed by atoms with E-state index in [0.717, 1.165) is 6.42 Å². The topological polar surface area (TPSA) is 49.8 Å². The van der Waals surface area contributed by atoms with Crippen molar-refractivity contribution in [3.8, 4) is 0 Å². The number of aliphatic hydroxyl groups is 1. The molecule has 1 aromatic carbocycles. The molecule has 1 amide bonds. The first kappa shape index (κ1) is 14.5. The van der Waals surface area contributed by atoms with Gasteiger partial charge in [0.2, 0.25) is 5.91 Å². The van der Waals surface area contributed by atoms with Gasteiger partial charge >= 0.3 is 0 Å². The van der Waals surface area contributed by atoms with E-state index in [2.05, 4.69) is 0 Å². The number of ether oxygens (including phenoxy) is 1. The van der Waals surface area contributed by atoms with Crippen molar-refractivity contribution in [2.45, 2.75) is 37.7 Å². The normalized spacial score (nSPS) is 46.3. The van der Waals surface area contributed by atoms with Gasteiger partial charge in [0, 0.05) is 10.9 Å². The van der Waals surface area contributed by atoms with Gasteiger partial charge in [0.25, 0.3) is 0 Å². The van der Waals surface area contributed by atoms with Crippen LogP contribution in [0.25, 0.3) is 0 Å². The Hall–Kier alpha value is -0.810.